The fourth-order valence-corrected chi connectivity index (χ4v) is 7.53. The van der Waals surface area contributed by atoms with Crippen LogP contribution in [0, 0.1) is 23.2 Å². The van der Waals surface area contributed by atoms with Crippen LogP contribution >= 0.6 is 0 Å². The van der Waals surface area contributed by atoms with Crippen molar-refractivity contribution in [3.05, 3.63) is 30.1 Å². The maximum Gasteiger partial charge on any atom is 0.229 e. The van der Waals surface area contributed by atoms with Crippen molar-refractivity contribution >= 4 is 5.91 Å². The molecule has 29 heavy (non-hydrogen) atoms. The van der Waals surface area contributed by atoms with Crippen LogP contribution in [0.25, 0.3) is 0 Å². The van der Waals surface area contributed by atoms with Crippen molar-refractivity contribution in [1.29, 1.82) is 0 Å². The van der Waals surface area contributed by atoms with Crippen LogP contribution in [-0.2, 0) is 20.9 Å². The minimum atomic E-state index is -0.176. The zero-order valence-electron chi connectivity index (χ0n) is 17.2. The average Bonchev–Trinajstić information content (AvgIpc) is 2.70. The van der Waals surface area contributed by atoms with Gasteiger partial charge in [0.15, 0.2) is 0 Å². The molecule has 2 aliphatic heterocycles. The minimum Gasteiger partial charge on any atom is -0.372 e. The molecule has 1 atom stereocenters. The zero-order valence-corrected chi connectivity index (χ0v) is 17.2. The molecule has 6 fully saturated rings. The predicted octanol–water partition coefficient (Wildman–Crippen LogP) is 3.57. The van der Waals surface area contributed by atoms with Gasteiger partial charge in [0.1, 0.15) is 5.60 Å². The van der Waals surface area contributed by atoms with Gasteiger partial charge in [0, 0.05) is 19.2 Å². The van der Waals surface area contributed by atoms with Gasteiger partial charge in [-0.15, -0.1) is 0 Å². The molecule has 3 heterocycles. The van der Waals surface area contributed by atoms with Crippen LogP contribution in [0.1, 0.15) is 57.1 Å². The molecular formula is C24H32N2O3. The Labute approximate surface area is 173 Å². The Morgan fingerprint density at radius 3 is 2.48 bits per heavy atom. The summed E-state index contributed by atoms with van der Waals surface area (Å²) in [5.41, 5.74) is 0.769. The number of likely N-dealkylation sites (tertiary alicyclic amines) is 1. The van der Waals surface area contributed by atoms with Gasteiger partial charge in [-0.25, -0.2) is 0 Å². The highest BCUT2D eigenvalue weighted by Gasteiger charge is 2.59. The Balaban J connectivity index is 1.07. The number of hydrogen-bond donors (Lipinski definition) is 0. The van der Waals surface area contributed by atoms with Gasteiger partial charge in [-0.05, 0) is 74.8 Å². The molecule has 1 aromatic heterocycles. The molecule has 7 rings (SSSR count). The number of pyridine rings is 1. The number of nitrogens with zero attached hydrogens (tertiary/aromatic N) is 2. The fourth-order valence-electron chi connectivity index (χ4n) is 7.53. The number of amides is 1. The first kappa shape index (κ1) is 18.3. The van der Waals surface area contributed by atoms with Crippen LogP contribution in [0.2, 0.25) is 0 Å². The lowest BCUT2D eigenvalue weighted by Crippen LogP contribution is -2.70. The maximum absolute atomic E-state index is 13.5. The Bertz CT molecular complexity index is 738. The molecule has 0 N–H and O–H groups in total. The van der Waals surface area contributed by atoms with E-state index in [1.807, 2.05) is 24.4 Å². The lowest BCUT2D eigenvalue weighted by molar-refractivity contribution is -0.212. The molecule has 1 unspecified atom stereocenters. The van der Waals surface area contributed by atoms with E-state index in [1.54, 1.807) is 0 Å². The summed E-state index contributed by atoms with van der Waals surface area (Å²) in [6.45, 7) is 2.80. The summed E-state index contributed by atoms with van der Waals surface area (Å²) in [5, 5.41) is 0. The summed E-state index contributed by atoms with van der Waals surface area (Å²) in [5.74, 6) is 2.89. The van der Waals surface area contributed by atoms with E-state index < -0.39 is 0 Å². The SMILES string of the molecule is O=C(N1CC2(CC(OCc3ccccn3)CCO2)C1)C12CC3CC(CC(C3)C1)C2. The van der Waals surface area contributed by atoms with E-state index in [4.69, 9.17) is 9.47 Å². The molecule has 5 heteroatoms. The molecular weight excluding hydrogens is 364 g/mol. The number of carbonyl (C=O) groups is 1. The summed E-state index contributed by atoms with van der Waals surface area (Å²) in [6, 6.07) is 5.93. The molecule has 4 aliphatic carbocycles. The Hall–Kier alpha value is -1.46. The van der Waals surface area contributed by atoms with E-state index in [0.29, 0.717) is 12.5 Å². The second kappa shape index (κ2) is 6.78. The van der Waals surface area contributed by atoms with Crippen LogP contribution < -0.4 is 0 Å². The number of hydrogen-bond acceptors (Lipinski definition) is 4. The van der Waals surface area contributed by atoms with E-state index in [2.05, 4.69) is 9.88 Å². The van der Waals surface area contributed by atoms with Gasteiger partial charge in [0.2, 0.25) is 5.91 Å². The Morgan fingerprint density at radius 2 is 1.83 bits per heavy atom. The van der Waals surface area contributed by atoms with Crippen LogP contribution in [0.3, 0.4) is 0 Å². The highest BCUT2D eigenvalue weighted by atomic mass is 16.5. The molecule has 1 spiro atoms. The third-order valence-corrected chi connectivity index (χ3v) is 8.38. The first-order valence-electron chi connectivity index (χ1n) is 11.6. The largest absolute Gasteiger partial charge is 0.372 e. The molecule has 1 amide bonds. The molecule has 0 aromatic carbocycles. The lowest BCUT2D eigenvalue weighted by atomic mass is 9.49. The number of ether oxygens (including phenoxy) is 2. The summed E-state index contributed by atoms with van der Waals surface area (Å²) in [6.07, 6.45) is 11.4. The van der Waals surface area contributed by atoms with E-state index >= 15 is 0 Å². The standard InChI is InChI=1S/C24H32N2O3/c27-22(23-10-17-7-18(11-23)9-19(8-17)12-23)26-15-24(16-26)13-21(4-6-29-24)28-14-20-3-1-2-5-25-20/h1-3,5,17-19,21H,4,6-16H2. The normalized spacial score (nSPS) is 39.5. The predicted molar refractivity (Wildman–Crippen MR) is 108 cm³/mol. The van der Waals surface area contributed by atoms with Gasteiger partial charge in [0.05, 0.1) is 36.9 Å². The van der Waals surface area contributed by atoms with Crippen molar-refractivity contribution in [1.82, 2.24) is 9.88 Å². The van der Waals surface area contributed by atoms with Crippen molar-refractivity contribution in [2.24, 2.45) is 23.2 Å². The summed E-state index contributed by atoms with van der Waals surface area (Å²) in [4.78, 5) is 20.0. The zero-order chi connectivity index (χ0) is 19.5. The van der Waals surface area contributed by atoms with E-state index in [-0.39, 0.29) is 17.1 Å². The van der Waals surface area contributed by atoms with Crippen molar-refractivity contribution in [2.45, 2.75) is 69.7 Å². The van der Waals surface area contributed by atoms with Gasteiger partial charge < -0.3 is 14.4 Å². The Kier molecular flexibility index (Phi) is 4.28. The number of carbonyl (C=O) groups excluding carboxylic acids is 1. The van der Waals surface area contributed by atoms with Crippen LogP contribution in [0.4, 0.5) is 0 Å². The highest BCUT2D eigenvalue weighted by Crippen LogP contribution is 2.61. The summed E-state index contributed by atoms with van der Waals surface area (Å²) < 4.78 is 12.3. The average molecular weight is 397 g/mol. The molecule has 1 aromatic rings. The second-order valence-electron chi connectivity index (χ2n) is 10.6. The quantitative estimate of drug-likeness (QED) is 0.781. The van der Waals surface area contributed by atoms with Gasteiger partial charge in [-0.2, -0.15) is 0 Å². The molecule has 156 valence electrons. The first-order valence-corrected chi connectivity index (χ1v) is 11.6. The summed E-state index contributed by atoms with van der Waals surface area (Å²) >= 11 is 0. The van der Waals surface area contributed by atoms with Crippen molar-refractivity contribution in [3.63, 3.8) is 0 Å². The minimum absolute atomic E-state index is 0.0279. The van der Waals surface area contributed by atoms with Gasteiger partial charge in [-0.3, -0.25) is 9.78 Å². The third kappa shape index (κ3) is 3.21. The second-order valence-corrected chi connectivity index (χ2v) is 10.6. The molecule has 0 radical (unpaired) electrons. The molecule has 6 aliphatic rings. The summed E-state index contributed by atoms with van der Waals surface area (Å²) in [7, 11) is 0. The van der Waals surface area contributed by atoms with Crippen molar-refractivity contribution in [2.75, 3.05) is 19.7 Å². The first-order chi connectivity index (χ1) is 14.1. The topological polar surface area (TPSA) is 51.7 Å². The van der Waals surface area contributed by atoms with Crippen LogP contribution in [0.5, 0.6) is 0 Å². The molecule has 2 saturated heterocycles. The van der Waals surface area contributed by atoms with Gasteiger partial charge in [-0.1, -0.05) is 6.07 Å². The monoisotopic (exact) mass is 396 g/mol. The smallest absolute Gasteiger partial charge is 0.229 e. The number of rotatable bonds is 4. The highest BCUT2D eigenvalue weighted by molar-refractivity contribution is 5.84. The van der Waals surface area contributed by atoms with E-state index in [0.717, 1.165) is 75.2 Å². The molecule has 5 nitrogen and oxygen atoms in total. The molecule has 4 bridgehead atoms. The maximum atomic E-state index is 13.5. The van der Waals surface area contributed by atoms with Gasteiger partial charge >= 0.3 is 0 Å². The van der Waals surface area contributed by atoms with Gasteiger partial charge in [0.25, 0.3) is 0 Å². The number of aromatic nitrogens is 1. The van der Waals surface area contributed by atoms with Crippen LogP contribution in [-0.4, -0.2) is 47.2 Å². The van der Waals surface area contributed by atoms with Crippen LogP contribution in [0.15, 0.2) is 24.4 Å². The molecule has 4 saturated carbocycles. The van der Waals surface area contributed by atoms with E-state index in [9.17, 15) is 4.79 Å². The van der Waals surface area contributed by atoms with Crippen molar-refractivity contribution < 1.29 is 14.3 Å². The lowest BCUT2D eigenvalue weighted by Gasteiger charge is -2.60. The van der Waals surface area contributed by atoms with Crippen molar-refractivity contribution in [3.8, 4) is 0 Å². The van der Waals surface area contributed by atoms with E-state index in [1.165, 1.54) is 19.3 Å². The Morgan fingerprint density at radius 1 is 1.10 bits per heavy atom. The third-order valence-electron chi connectivity index (χ3n) is 8.38. The fraction of sp³-hybridized carbons (Fsp3) is 0.750.